The third kappa shape index (κ3) is 6.32. The third-order valence-corrected chi connectivity index (χ3v) is 10.4. The van der Waals surface area contributed by atoms with Gasteiger partial charge >= 0.3 is 0 Å². The lowest BCUT2D eigenvalue weighted by Gasteiger charge is -2.24. The quantitative estimate of drug-likeness (QED) is 0.213. The predicted octanol–water partition coefficient (Wildman–Crippen LogP) is 5.47. The molecule has 0 radical (unpaired) electrons. The molecule has 0 amide bonds. The summed E-state index contributed by atoms with van der Waals surface area (Å²) >= 11 is 0. The number of nitrogens with zero attached hydrogens (tertiary/aromatic N) is 1. The Morgan fingerprint density at radius 1 is 0.854 bits per heavy atom. The number of rotatable bonds is 8. The number of Topliss-reactive ketones (excluding diaryl/α,β-unsaturated/α-hetero) is 1. The normalized spacial score (nSPS) is 13.4. The van der Waals surface area contributed by atoms with E-state index in [9.17, 15) is 26.7 Å². The highest BCUT2D eigenvalue weighted by atomic mass is 32.2. The Labute approximate surface area is 241 Å². The van der Waals surface area contributed by atoms with Crippen molar-refractivity contribution in [3.05, 3.63) is 95.7 Å². The van der Waals surface area contributed by atoms with E-state index < -0.39 is 35.8 Å². The maximum Gasteiger partial charge on any atom is 0.194 e. The molecule has 0 aliphatic carbocycles. The van der Waals surface area contributed by atoms with Gasteiger partial charge in [0, 0.05) is 35.2 Å². The minimum atomic E-state index is -3.44. The van der Waals surface area contributed by atoms with Crippen LogP contribution in [0, 0.1) is 0 Å². The first kappa shape index (κ1) is 30.3. The summed E-state index contributed by atoms with van der Waals surface area (Å²) in [6.07, 6.45) is 5.66. The minimum absolute atomic E-state index is 0.120. The van der Waals surface area contributed by atoms with Crippen molar-refractivity contribution in [2.75, 3.05) is 12.5 Å². The first-order chi connectivity index (χ1) is 18.9. The summed E-state index contributed by atoms with van der Waals surface area (Å²) in [6.45, 7) is 6.15. The van der Waals surface area contributed by atoms with Crippen molar-refractivity contribution in [3.8, 4) is 11.1 Å². The smallest absolute Gasteiger partial charge is 0.194 e. The average molecular weight is 592 g/mol. The molecule has 0 bridgehead atoms. The summed E-state index contributed by atoms with van der Waals surface area (Å²) in [5.74, 6) is -0.529. The topological polar surface area (TPSA) is 118 Å². The molecule has 4 rings (SSSR count). The molecule has 7 nitrogen and oxygen atoms in total. The van der Waals surface area contributed by atoms with Gasteiger partial charge in [-0.25, -0.2) is 16.8 Å². The lowest BCUT2D eigenvalue weighted by molar-refractivity contribution is -0.127. The number of carbonyl (C=O) groups is 1. The second-order valence-electron chi connectivity index (χ2n) is 11.2. The molecule has 1 heterocycles. The molecule has 0 saturated carbocycles. The summed E-state index contributed by atoms with van der Waals surface area (Å²) in [5.41, 5.74) is 2.47. The molecule has 214 valence electrons. The van der Waals surface area contributed by atoms with Crippen molar-refractivity contribution in [1.29, 1.82) is 0 Å². The lowest BCUT2D eigenvalue weighted by Crippen LogP contribution is -2.31. The Balaban J connectivity index is 1.92. The van der Waals surface area contributed by atoms with E-state index in [1.807, 2.05) is 42.5 Å². The van der Waals surface area contributed by atoms with Crippen LogP contribution in [0.5, 0.6) is 0 Å². The minimum Gasteiger partial charge on any atom is -0.382 e. The first-order valence-corrected chi connectivity index (χ1v) is 16.7. The van der Waals surface area contributed by atoms with Crippen LogP contribution in [0.4, 0.5) is 0 Å². The number of carbonyl (C=O) groups excluding carboxylic acids is 1. The second kappa shape index (κ2) is 10.6. The van der Waals surface area contributed by atoms with E-state index in [1.54, 1.807) is 44.3 Å². The molecular formula is C32H33NO6S2. The van der Waals surface area contributed by atoms with E-state index in [0.717, 1.165) is 22.8 Å². The van der Waals surface area contributed by atoms with Gasteiger partial charge in [-0.15, -0.1) is 0 Å². The van der Waals surface area contributed by atoms with E-state index in [2.05, 4.69) is 4.98 Å². The Kier molecular flexibility index (Phi) is 7.86. The molecule has 9 heteroatoms. The number of hydrogen-bond donors (Lipinski definition) is 1. The highest BCUT2D eigenvalue weighted by molar-refractivity contribution is 7.91. The molecule has 1 N–H and O–H groups in total. The largest absolute Gasteiger partial charge is 0.382 e. The van der Waals surface area contributed by atoms with Crippen molar-refractivity contribution >= 4 is 48.0 Å². The van der Waals surface area contributed by atoms with Crippen molar-refractivity contribution in [3.63, 3.8) is 0 Å². The molecule has 41 heavy (non-hydrogen) atoms. The summed E-state index contributed by atoms with van der Waals surface area (Å²) in [4.78, 5) is 18.0. The van der Waals surface area contributed by atoms with Gasteiger partial charge in [0.05, 0.1) is 15.2 Å². The molecule has 4 aromatic rings. The Hall–Kier alpha value is -3.66. The molecule has 0 aliphatic heterocycles. The van der Waals surface area contributed by atoms with Crippen molar-refractivity contribution in [1.82, 2.24) is 4.98 Å². The van der Waals surface area contributed by atoms with Crippen LogP contribution in [0.15, 0.2) is 83.9 Å². The van der Waals surface area contributed by atoms with Crippen LogP contribution in [0.25, 0.3) is 33.7 Å². The van der Waals surface area contributed by atoms with E-state index in [4.69, 9.17) is 0 Å². The number of aliphatic hydroxyl groups is 1. The number of aromatic nitrogens is 1. The maximum absolute atomic E-state index is 13.3. The van der Waals surface area contributed by atoms with Crippen LogP contribution in [-0.2, 0) is 29.2 Å². The average Bonchev–Trinajstić information content (AvgIpc) is 2.89. The molecule has 1 aromatic heterocycles. The van der Waals surface area contributed by atoms with Gasteiger partial charge in [0.15, 0.2) is 25.5 Å². The molecule has 0 fully saturated rings. The van der Waals surface area contributed by atoms with E-state index >= 15 is 0 Å². The van der Waals surface area contributed by atoms with Crippen molar-refractivity contribution in [2.24, 2.45) is 0 Å². The highest BCUT2D eigenvalue weighted by Gasteiger charge is 2.33. The molecule has 0 atom stereocenters. The van der Waals surface area contributed by atoms with Gasteiger partial charge in [0.1, 0.15) is 5.60 Å². The monoisotopic (exact) mass is 591 g/mol. The number of sulfone groups is 2. The van der Waals surface area contributed by atoms with Crippen LogP contribution in [0.2, 0.25) is 0 Å². The van der Waals surface area contributed by atoms with Crippen LogP contribution in [0.3, 0.4) is 0 Å². The van der Waals surface area contributed by atoms with Crippen molar-refractivity contribution < 1.29 is 26.7 Å². The number of hydrogen-bond acceptors (Lipinski definition) is 7. The maximum atomic E-state index is 13.3. The van der Waals surface area contributed by atoms with Crippen molar-refractivity contribution in [2.45, 2.75) is 42.9 Å². The third-order valence-electron chi connectivity index (χ3n) is 7.23. The fourth-order valence-electron chi connectivity index (χ4n) is 4.43. The molecular weight excluding hydrogens is 558 g/mol. The predicted molar refractivity (Wildman–Crippen MR) is 164 cm³/mol. The first-order valence-electron chi connectivity index (χ1n) is 12.9. The summed E-state index contributed by atoms with van der Waals surface area (Å²) in [7, 11) is -6.87. The number of pyridine rings is 1. The Bertz CT molecular complexity index is 1900. The van der Waals surface area contributed by atoms with Gasteiger partial charge in [-0.3, -0.25) is 9.78 Å². The molecule has 0 unspecified atom stereocenters. The number of fused-ring (bicyclic) bond motifs is 1. The highest BCUT2D eigenvalue weighted by Crippen LogP contribution is 2.37. The second-order valence-corrected chi connectivity index (χ2v) is 15.8. The van der Waals surface area contributed by atoms with Gasteiger partial charge in [-0.05, 0) is 92.4 Å². The molecule has 0 aliphatic rings. The molecule has 0 saturated heterocycles. The SMILES string of the molecule is CC(C)(O)C(=O)/C(=C/c1cccc(-c2cc(C(C)(C)S(C)(=O)=O)cc3cccnc23)c1)c1ccc(S(C)(=O)=O)cc1. The summed E-state index contributed by atoms with van der Waals surface area (Å²) in [6, 6.07) is 20.7. The van der Waals surface area contributed by atoms with Crippen LogP contribution >= 0.6 is 0 Å². The summed E-state index contributed by atoms with van der Waals surface area (Å²) < 4.78 is 48.1. The van der Waals surface area contributed by atoms with Gasteiger partial charge < -0.3 is 5.11 Å². The van der Waals surface area contributed by atoms with E-state index in [-0.39, 0.29) is 10.5 Å². The van der Waals surface area contributed by atoms with Gasteiger partial charge in [-0.1, -0.05) is 36.4 Å². The van der Waals surface area contributed by atoms with Gasteiger partial charge in [-0.2, -0.15) is 0 Å². The standard InChI is InChI=1S/C32H33NO6S2/c1-31(2,35)30(34)28(22-12-14-26(15-13-22)40(5,36)37)18-21-9-7-10-23(17-21)27-20-25(32(3,4)41(6,38)39)19-24-11-8-16-33-29(24)27/h7-20,35H,1-6H3/b28-18+. The van der Waals surface area contributed by atoms with Crippen LogP contribution in [0.1, 0.15) is 44.4 Å². The van der Waals surface area contributed by atoms with E-state index in [1.165, 1.54) is 32.2 Å². The molecule has 3 aromatic carbocycles. The van der Waals surface area contributed by atoms with Gasteiger partial charge in [0.2, 0.25) is 0 Å². The lowest BCUT2D eigenvalue weighted by atomic mass is 9.89. The van der Waals surface area contributed by atoms with E-state index in [0.29, 0.717) is 22.2 Å². The van der Waals surface area contributed by atoms with Crippen LogP contribution in [-0.4, -0.2) is 50.8 Å². The summed E-state index contributed by atoms with van der Waals surface area (Å²) in [5, 5.41) is 11.4. The number of ketones is 1. The zero-order valence-corrected chi connectivity index (χ0v) is 25.5. The Morgan fingerprint density at radius 3 is 2.10 bits per heavy atom. The zero-order chi connectivity index (χ0) is 30.4. The molecule has 0 spiro atoms. The fourth-order valence-corrected chi connectivity index (χ4v) is 5.60. The Morgan fingerprint density at radius 2 is 1.51 bits per heavy atom. The van der Waals surface area contributed by atoms with Crippen LogP contribution < -0.4 is 0 Å². The van der Waals surface area contributed by atoms with Gasteiger partial charge in [0.25, 0.3) is 0 Å². The zero-order valence-electron chi connectivity index (χ0n) is 23.8. The fraction of sp³-hybridized carbons (Fsp3) is 0.250. The number of benzene rings is 3.